The molecular weight excluding hydrogens is 250 g/mol. The maximum atomic E-state index is 6.38. The van der Waals surface area contributed by atoms with Crippen LogP contribution >= 0.6 is 11.6 Å². The molecule has 3 nitrogen and oxygen atoms in total. The number of fused-ring (bicyclic) bond motifs is 1. The van der Waals surface area contributed by atoms with Crippen LogP contribution in [0.4, 0.5) is 0 Å². The van der Waals surface area contributed by atoms with E-state index in [0.29, 0.717) is 12.5 Å². The average Bonchev–Trinajstić information content (AvgIpc) is 2.65. The zero-order chi connectivity index (χ0) is 12.4. The van der Waals surface area contributed by atoms with Crippen LogP contribution in [-0.4, -0.2) is 26.3 Å². The van der Waals surface area contributed by atoms with E-state index < -0.39 is 0 Å². The Morgan fingerprint density at radius 1 is 1.17 bits per heavy atom. The van der Waals surface area contributed by atoms with Gasteiger partial charge in [0.15, 0.2) is 11.5 Å². The van der Waals surface area contributed by atoms with Crippen molar-refractivity contribution in [3.05, 3.63) is 22.7 Å². The van der Waals surface area contributed by atoms with Crippen LogP contribution in [0.2, 0.25) is 5.02 Å². The second kappa shape index (κ2) is 5.37. The van der Waals surface area contributed by atoms with Crippen molar-refractivity contribution in [1.29, 1.82) is 0 Å². The number of hydrogen-bond acceptors (Lipinski definition) is 3. The lowest BCUT2D eigenvalue weighted by atomic mass is 9.90. The van der Waals surface area contributed by atoms with E-state index >= 15 is 0 Å². The molecule has 18 heavy (non-hydrogen) atoms. The fraction of sp³-hybridized carbons (Fsp3) is 0.571. The number of benzene rings is 1. The van der Waals surface area contributed by atoms with Gasteiger partial charge in [0, 0.05) is 29.5 Å². The van der Waals surface area contributed by atoms with Crippen molar-refractivity contribution in [2.75, 3.05) is 26.3 Å². The second-order valence-corrected chi connectivity index (χ2v) is 5.29. The summed E-state index contributed by atoms with van der Waals surface area (Å²) in [5.74, 6) is 2.15. The second-order valence-electron chi connectivity index (χ2n) is 4.88. The molecule has 1 aromatic rings. The van der Waals surface area contributed by atoms with Crippen LogP contribution in [0.1, 0.15) is 30.7 Å². The van der Waals surface area contributed by atoms with E-state index in [1.165, 1.54) is 6.42 Å². The molecule has 1 atom stereocenters. The topological polar surface area (TPSA) is 30.5 Å². The van der Waals surface area contributed by atoms with Crippen molar-refractivity contribution in [1.82, 2.24) is 5.32 Å². The largest absolute Gasteiger partial charge is 0.490 e. The van der Waals surface area contributed by atoms with E-state index in [-0.39, 0.29) is 0 Å². The van der Waals surface area contributed by atoms with Crippen LogP contribution in [0.3, 0.4) is 0 Å². The van der Waals surface area contributed by atoms with Gasteiger partial charge in [0.2, 0.25) is 0 Å². The number of hydrogen-bond donors (Lipinski definition) is 1. The minimum absolute atomic E-state index is 0.433. The zero-order valence-corrected chi connectivity index (χ0v) is 11.1. The highest BCUT2D eigenvalue weighted by molar-refractivity contribution is 6.31. The van der Waals surface area contributed by atoms with Gasteiger partial charge in [-0.1, -0.05) is 11.6 Å². The Balaban J connectivity index is 2.00. The normalized spacial score (nSPS) is 23.5. The standard InChI is InChI=1S/C14H18ClNO2/c15-11-4-5-12-14(18-8-2-7-17-12)13(11)10-3-1-6-16-9-10/h4-5,10,16H,1-3,6-9H2. The lowest BCUT2D eigenvalue weighted by molar-refractivity contribution is 0.295. The zero-order valence-electron chi connectivity index (χ0n) is 10.4. The van der Waals surface area contributed by atoms with E-state index in [1.54, 1.807) is 0 Å². The van der Waals surface area contributed by atoms with Gasteiger partial charge in [0.25, 0.3) is 0 Å². The predicted molar refractivity (Wildman–Crippen MR) is 71.9 cm³/mol. The van der Waals surface area contributed by atoms with Gasteiger partial charge in [0.05, 0.1) is 13.2 Å². The number of piperidine rings is 1. The number of ether oxygens (including phenoxy) is 2. The molecule has 0 saturated carbocycles. The van der Waals surface area contributed by atoms with E-state index in [1.807, 2.05) is 12.1 Å². The third-order valence-electron chi connectivity index (χ3n) is 3.60. The molecule has 0 bridgehead atoms. The molecule has 0 radical (unpaired) electrons. The van der Waals surface area contributed by atoms with Gasteiger partial charge in [-0.15, -0.1) is 0 Å². The first-order chi connectivity index (χ1) is 8.86. The highest BCUT2D eigenvalue weighted by atomic mass is 35.5. The van der Waals surface area contributed by atoms with Gasteiger partial charge in [0.1, 0.15) is 0 Å². The van der Waals surface area contributed by atoms with Crippen LogP contribution in [-0.2, 0) is 0 Å². The van der Waals surface area contributed by atoms with Gasteiger partial charge < -0.3 is 14.8 Å². The Labute approximate surface area is 112 Å². The SMILES string of the molecule is Clc1ccc2c(c1C1CCCNC1)OCCCO2. The Morgan fingerprint density at radius 2 is 2.06 bits per heavy atom. The van der Waals surface area contributed by atoms with Gasteiger partial charge in [-0.25, -0.2) is 0 Å². The Hall–Kier alpha value is -0.930. The lowest BCUT2D eigenvalue weighted by Gasteiger charge is -2.26. The predicted octanol–water partition coefficient (Wildman–Crippen LogP) is 2.97. The third kappa shape index (κ3) is 2.29. The van der Waals surface area contributed by atoms with Gasteiger partial charge in [-0.05, 0) is 31.5 Å². The molecule has 1 N–H and O–H groups in total. The van der Waals surface area contributed by atoms with Crippen LogP contribution in [0, 0.1) is 0 Å². The first kappa shape index (κ1) is 12.1. The van der Waals surface area contributed by atoms with Crippen molar-refractivity contribution in [2.24, 2.45) is 0 Å². The Bertz CT molecular complexity index is 430. The molecule has 0 amide bonds. The summed E-state index contributed by atoms with van der Waals surface area (Å²) in [6, 6.07) is 3.85. The summed E-state index contributed by atoms with van der Waals surface area (Å²) in [6.45, 7) is 3.50. The molecule has 2 aliphatic rings. The van der Waals surface area contributed by atoms with E-state index in [2.05, 4.69) is 5.32 Å². The smallest absolute Gasteiger partial charge is 0.166 e. The van der Waals surface area contributed by atoms with Crippen molar-refractivity contribution in [3.63, 3.8) is 0 Å². The monoisotopic (exact) mass is 267 g/mol. The Morgan fingerprint density at radius 3 is 2.89 bits per heavy atom. The van der Waals surface area contributed by atoms with Crippen LogP contribution in [0.25, 0.3) is 0 Å². The molecule has 2 aliphatic heterocycles. The summed E-state index contributed by atoms with van der Waals surface area (Å²) in [4.78, 5) is 0. The number of halogens is 1. The first-order valence-electron chi connectivity index (χ1n) is 6.65. The molecular formula is C14H18ClNO2. The quantitative estimate of drug-likeness (QED) is 0.849. The molecule has 3 rings (SSSR count). The Kier molecular flexibility index (Phi) is 3.62. The summed E-state index contributed by atoms with van der Waals surface area (Å²) in [5, 5.41) is 4.23. The van der Waals surface area contributed by atoms with E-state index in [0.717, 1.165) is 54.6 Å². The van der Waals surface area contributed by atoms with Crippen LogP contribution in [0.5, 0.6) is 11.5 Å². The highest BCUT2D eigenvalue weighted by Crippen LogP contribution is 2.43. The number of nitrogens with one attached hydrogen (secondary N) is 1. The number of rotatable bonds is 1. The van der Waals surface area contributed by atoms with Crippen LogP contribution in [0.15, 0.2) is 12.1 Å². The third-order valence-corrected chi connectivity index (χ3v) is 3.93. The molecule has 1 unspecified atom stereocenters. The van der Waals surface area contributed by atoms with E-state index in [4.69, 9.17) is 21.1 Å². The van der Waals surface area contributed by atoms with Gasteiger partial charge >= 0.3 is 0 Å². The van der Waals surface area contributed by atoms with Crippen molar-refractivity contribution < 1.29 is 9.47 Å². The summed E-state index contributed by atoms with van der Waals surface area (Å²) in [6.07, 6.45) is 3.27. The minimum atomic E-state index is 0.433. The van der Waals surface area contributed by atoms with E-state index in [9.17, 15) is 0 Å². The maximum absolute atomic E-state index is 6.38. The van der Waals surface area contributed by atoms with Crippen molar-refractivity contribution in [3.8, 4) is 11.5 Å². The van der Waals surface area contributed by atoms with Gasteiger partial charge in [-0.2, -0.15) is 0 Å². The van der Waals surface area contributed by atoms with Crippen molar-refractivity contribution in [2.45, 2.75) is 25.2 Å². The molecule has 0 spiro atoms. The fourth-order valence-electron chi connectivity index (χ4n) is 2.71. The molecule has 4 heteroatoms. The first-order valence-corrected chi connectivity index (χ1v) is 7.03. The molecule has 1 saturated heterocycles. The fourth-order valence-corrected chi connectivity index (χ4v) is 3.02. The molecule has 0 aromatic heterocycles. The maximum Gasteiger partial charge on any atom is 0.166 e. The van der Waals surface area contributed by atoms with Crippen LogP contribution < -0.4 is 14.8 Å². The minimum Gasteiger partial charge on any atom is -0.490 e. The lowest BCUT2D eigenvalue weighted by Crippen LogP contribution is -2.28. The molecule has 1 aromatic carbocycles. The summed E-state index contributed by atoms with van der Waals surface area (Å²) in [5.41, 5.74) is 1.13. The molecule has 1 fully saturated rings. The molecule has 2 heterocycles. The summed E-state index contributed by atoms with van der Waals surface area (Å²) >= 11 is 6.38. The molecule has 98 valence electrons. The summed E-state index contributed by atoms with van der Waals surface area (Å²) in [7, 11) is 0. The molecule has 0 aliphatic carbocycles. The summed E-state index contributed by atoms with van der Waals surface area (Å²) < 4.78 is 11.6. The van der Waals surface area contributed by atoms with Crippen molar-refractivity contribution >= 4 is 11.6 Å². The average molecular weight is 268 g/mol. The van der Waals surface area contributed by atoms with Gasteiger partial charge in [-0.3, -0.25) is 0 Å². The highest BCUT2D eigenvalue weighted by Gasteiger charge is 2.25.